The number of hydrogen-bond donors (Lipinski definition) is 3. The molecule has 0 radical (unpaired) electrons. The van der Waals surface area contributed by atoms with Crippen LogP contribution in [-0.2, 0) is 11.2 Å². The summed E-state index contributed by atoms with van der Waals surface area (Å²) in [7, 11) is 3.21. The van der Waals surface area contributed by atoms with E-state index in [1.807, 2.05) is 31.2 Å². The lowest BCUT2D eigenvalue weighted by atomic mass is 9.95. The van der Waals surface area contributed by atoms with E-state index in [1.54, 1.807) is 43.2 Å². The van der Waals surface area contributed by atoms with Crippen LogP contribution in [0.15, 0.2) is 59.8 Å². The molecule has 0 fully saturated rings. The van der Waals surface area contributed by atoms with E-state index in [2.05, 4.69) is 20.7 Å². The number of aromatic nitrogens is 3. The van der Waals surface area contributed by atoms with E-state index in [9.17, 15) is 9.90 Å². The van der Waals surface area contributed by atoms with Crippen LogP contribution >= 0.6 is 0 Å². The molecule has 2 aromatic carbocycles. The van der Waals surface area contributed by atoms with Crippen molar-refractivity contribution in [3.05, 3.63) is 71.2 Å². The third kappa shape index (κ3) is 4.68. The number of hydrogen-bond acceptors (Lipinski definition) is 7. The molecule has 1 aliphatic heterocycles. The van der Waals surface area contributed by atoms with Gasteiger partial charge in [-0.25, -0.2) is 4.68 Å². The van der Waals surface area contributed by atoms with E-state index in [1.165, 1.54) is 0 Å². The zero-order valence-electron chi connectivity index (χ0n) is 18.8. The fourth-order valence-corrected chi connectivity index (χ4v) is 3.80. The van der Waals surface area contributed by atoms with Gasteiger partial charge >= 0.3 is 0 Å². The summed E-state index contributed by atoms with van der Waals surface area (Å²) in [5, 5.41) is 20.0. The number of fused-ring (bicyclic) bond motifs is 1. The van der Waals surface area contributed by atoms with Gasteiger partial charge in [0.05, 0.1) is 19.8 Å². The average Bonchev–Trinajstić information content (AvgIpc) is 3.24. The molecular weight excluding hydrogens is 422 g/mol. The summed E-state index contributed by atoms with van der Waals surface area (Å²) in [4.78, 5) is 18.0. The SMILES string of the molecule is COc1ccc(NC(=O)C2=C(C)Nc3nc(CCCO)nn3C2c2ccc(OC)cc2)cc1. The van der Waals surface area contributed by atoms with E-state index < -0.39 is 6.04 Å². The Morgan fingerprint density at radius 1 is 1.09 bits per heavy atom. The molecule has 0 saturated carbocycles. The van der Waals surface area contributed by atoms with Gasteiger partial charge < -0.3 is 25.2 Å². The fraction of sp³-hybridized carbons (Fsp3) is 0.292. The van der Waals surface area contributed by atoms with E-state index >= 15 is 0 Å². The largest absolute Gasteiger partial charge is 0.497 e. The number of aryl methyl sites for hydroxylation is 1. The maximum Gasteiger partial charge on any atom is 0.255 e. The van der Waals surface area contributed by atoms with Gasteiger partial charge in [-0.15, -0.1) is 0 Å². The summed E-state index contributed by atoms with van der Waals surface area (Å²) in [6.07, 6.45) is 1.10. The van der Waals surface area contributed by atoms with Gasteiger partial charge in [0.1, 0.15) is 17.5 Å². The first kappa shape index (κ1) is 22.3. The lowest BCUT2D eigenvalue weighted by Gasteiger charge is -2.28. The van der Waals surface area contributed by atoms with Crippen molar-refractivity contribution in [2.24, 2.45) is 0 Å². The Labute approximate surface area is 192 Å². The van der Waals surface area contributed by atoms with Gasteiger partial charge in [0, 0.05) is 24.4 Å². The van der Waals surface area contributed by atoms with E-state index in [0.29, 0.717) is 47.3 Å². The van der Waals surface area contributed by atoms with Crippen molar-refractivity contribution < 1.29 is 19.4 Å². The van der Waals surface area contributed by atoms with Crippen molar-refractivity contribution in [2.45, 2.75) is 25.8 Å². The number of carbonyl (C=O) groups excluding carboxylic acids is 1. The number of nitrogens with zero attached hydrogens (tertiary/aromatic N) is 3. The van der Waals surface area contributed by atoms with Crippen LogP contribution in [0.1, 0.15) is 30.8 Å². The molecule has 2 heterocycles. The van der Waals surface area contributed by atoms with Crippen LogP contribution < -0.4 is 20.1 Å². The Balaban J connectivity index is 1.72. The molecule has 0 saturated heterocycles. The average molecular weight is 450 g/mol. The molecule has 9 nitrogen and oxygen atoms in total. The normalized spacial score (nSPS) is 15.0. The summed E-state index contributed by atoms with van der Waals surface area (Å²) in [6.45, 7) is 1.91. The summed E-state index contributed by atoms with van der Waals surface area (Å²) >= 11 is 0. The minimum absolute atomic E-state index is 0.0615. The summed E-state index contributed by atoms with van der Waals surface area (Å²) in [6, 6.07) is 14.2. The van der Waals surface area contributed by atoms with Crippen LogP contribution in [0.2, 0.25) is 0 Å². The van der Waals surface area contributed by atoms with Crippen molar-refractivity contribution in [1.29, 1.82) is 0 Å². The maximum atomic E-state index is 13.5. The molecule has 172 valence electrons. The second-order valence-electron chi connectivity index (χ2n) is 7.65. The van der Waals surface area contributed by atoms with Crippen LogP contribution in [0.25, 0.3) is 0 Å². The second kappa shape index (κ2) is 9.74. The number of nitrogens with one attached hydrogen (secondary N) is 2. The standard InChI is InChI=1S/C24H27N5O4/c1-15-21(23(31)26-17-8-12-19(33-3)13-9-17)22(16-6-10-18(32-2)11-7-16)29-24(25-15)27-20(28-29)5-4-14-30/h6-13,22,30H,4-5,14H2,1-3H3,(H,26,31)(H,25,27,28). The molecule has 0 bridgehead atoms. The molecule has 1 atom stereocenters. The molecule has 1 aromatic heterocycles. The van der Waals surface area contributed by atoms with E-state index in [-0.39, 0.29) is 12.5 Å². The van der Waals surface area contributed by atoms with Crippen LogP contribution in [0.5, 0.6) is 11.5 Å². The first-order chi connectivity index (χ1) is 16.0. The Kier molecular flexibility index (Phi) is 6.60. The summed E-state index contributed by atoms with van der Waals surface area (Å²) in [5.41, 5.74) is 2.75. The van der Waals surface area contributed by atoms with Gasteiger partial charge in [0.25, 0.3) is 5.91 Å². The van der Waals surface area contributed by atoms with Gasteiger partial charge in [-0.1, -0.05) is 12.1 Å². The predicted octanol–water partition coefficient (Wildman–Crippen LogP) is 3.15. The van der Waals surface area contributed by atoms with Crippen molar-refractivity contribution in [3.63, 3.8) is 0 Å². The zero-order chi connectivity index (χ0) is 23.4. The smallest absolute Gasteiger partial charge is 0.255 e. The quantitative estimate of drug-likeness (QED) is 0.484. The molecule has 33 heavy (non-hydrogen) atoms. The van der Waals surface area contributed by atoms with Gasteiger partial charge in [-0.05, 0) is 55.3 Å². The van der Waals surface area contributed by atoms with Crippen molar-refractivity contribution in [2.75, 3.05) is 31.5 Å². The number of amides is 1. The minimum Gasteiger partial charge on any atom is -0.497 e. The Morgan fingerprint density at radius 2 is 1.73 bits per heavy atom. The van der Waals surface area contributed by atoms with Gasteiger partial charge in [-0.2, -0.15) is 10.1 Å². The maximum absolute atomic E-state index is 13.5. The number of methoxy groups -OCH3 is 2. The van der Waals surface area contributed by atoms with Gasteiger partial charge in [-0.3, -0.25) is 4.79 Å². The van der Waals surface area contributed by atoms with Crippen molar-refractivity contribution in [3.8, 4) is 11.5 Å². The first-order valence-electron chi connectivity index (χ1n) is 10.7. The molecule has 3 aromatic rings. The fourth-order valence-electron chi connectivity index (χ4n) is 3.80. The highest BCUT2D eigenvalue weighted by molar-refractivity contribution is 6.06. The number of rotatable bonds is 8. The molecular formula is C24H27N5O4. The second-order valence-corrected chi connectivity index (χ2v) is 7.65. The number of aliphatic hydroxyl groups is 1. The number of allylic oxidation sites excluding steroid dienone is 1. The van der Waals surface area contributed by atoms with E-state index in [4.69, 9.17) is 9.47 Å². The number of carbonyl (C=O) groups is 1. The van der Waals surface area contributed by atoms with E-state index in [0.717, 1.165) is 11.3 Å². The highest BCUT2D eigenvalue weighted by Crippen LogP contribution is 2.36. The molecule has 1 unspecified atom stereocenters. The van der Waals surface area contributed by atoms with Crippen LogP contribution in [0.3, 0.4) is 0 Å². The monoisotopic (exact) mass is 449 g/mol. The zero-order valence-corrected chi connectivity index (χ0v) is 18.8. The molecule has 0 aliphatic carbocycles. The molecule has 0 spiro atoms. The van der Waals surface area contributed by atoms with Gasteiger partial charge in [0.2, 0.25) is 5.95 Å². The lowest BCUT2D eigenvalue weighted by Crippen LogP contribution is -2.31. The predicted molar refractivity (Wildman–Crippen MR) is 125 cm³/mol. The van der Waals surface area contributed by atoms with Crippen molar-refractivity contribution >= 4 is 17.5 Å². The molecule has 4 rings (SSSR count). The number of benzene rings is 2. The Bertz CT molecular complexity index is 1150. The minimum atomic E-state index is -0.485. The number of aliphatic hydroxyl groups excluding tert-OH is 1. The third-order valence-electron chi connectivity index (χ3n) is 5.48. The molecule has 3 N–H and O–H groups in total. The molecule has 1 amide bonds. The lowest BCUT2D eigenvalue weighted by molar-refractivity contribution is -0.113. The van der Waals surface area contributed by atoms with Crippen LogP contribution in [-0.4, -0.2) is 46.6 Å². The summed E-state index contributed by atoms with van der Waals surface area (Å²) < 4.78 is 12.2. The number of ether oxygens (including phenoxy) is 2. The number of anilines is 2. The molecule has 9 heteroatoms. The Hall–Kier alpha value is -3.85. The van der Waals surface area contributed by atoms with Crippen LogP contribution in [0, 0.1) is 0 Å². The van der Waals surface area contributed by atoms with Gasteiger partial charge in [0.15, 0.2) is 5.82 Å². The Morgan fingerprint density at radius 3 is 2.33 bits per heavy atom. The highest BCUT2D eigenvalue weighted by Gasteiger charge is 2.34. The van der Waals surface area contributed by atoms with Crippen molar-refractivity contribution in [1.82, 2.24) is 14.8 Å². The highest BCUT2D eigenvalue weighted by atomic mass is 16.5. The third-order valence-corrected chi connectivity index (χ3v) is 5.48. The first-order valence-corrected chi connectivity index (χ1v) is 10.7. The molecule has 1 aliphatic rings. The topological polar surface area (TPSA) is 111 Å². The summed E-state index contributed by atoms with van der Waals surface area (Å²) in [5.74, 6) is 2.35. The van der Waals surface area contributed by atoms with Crippen LogP contribution in [0.4, 0.5) is 11.6 Å².